The SMILES string of the molecule is CN(C(=O)c1ccc(C(F)(F)F)cc1F)c1ccccc1. The molecule has 0 aromatic heterocycles. The number of rotatable bonds is 2. The summed E-state index contributed by atoms with van der Waals surface area (Å²) in [5, 5.41) is 0. The van der Waals surface area contributed by atoms with Crippen molar-refractivity contribution < 1.29 is 22.4 Å². The number of anilines is 1. The van der Waals surface area contributed by atoms with Crippen LogP contribution in [0.3, 0.4) is 0 Å². The third-order valence-electron chi connectivity index (χ3n) is 2.97. The molecule has 0 heterocycles. The molecule has 0 saturated carbocycles. The van der Waals surface area contributed by atoms with Crippen LogP contribution in [0, 0.1) is 5.82 Å². The van der Waals surface area contributed by atoms with Crippen LogP contribution in [0.5, 0.6) is 0 Å². The van der Waals surface area contributed by atoms with Gasteiger partial charge in [0.2, 0.25) is 0 Å². The summed E-state index contributed by atoms with van der Waals surface area (Å²) in [5.41, 5.74) is -1.02. The molecular weight excluding hydrogens is 286 g/mol. The molecule has 0 bridgehead atoms. The lowest BCUT2D eigenvalue weighted by Gasteiger charge is -2.18. The maximum absolute atomic E-state index is 13.8. The number of para-hydroxylation sites is 1. The molecule has 0 radical (unpaired) electrons. The Hall–Kier alpha value is -2.37. The number of nitrogens with zero attached hydrogens (tertiary/aromatic N) is 1. The van der Waals surface area contributed by atoms with Crippen molar-refractivity contribution in [2.75, 3.05) is 11.9 Å². The average molecular weight is 297 g/mol. The first-order valence-corrected chi connectivity index (χ1v) is 6.00. The fourth-order valence-corrected chi connectivity index (χ4v) is 1.81. The van der Waals surface area contributed by atoms with E-state index in [9.17, 15) is 22.4 Å². The number of amides is 1. The molecule has 2 rings (SSSR count). The Balaban J connectivity index is 2.32. The van der Waals surface area contributed by atoms with E-state index in [1.54, 1.807) is 30.3 Å². The van der Waals surface area contributed by atoms with Crippen molar-refractivity contribution in [3.63, 3.8) is 0 Å². The van der Waals surface area contributed by atoms with Crippen LogP contribution >= 0.6 is 0 Å². The van der Waals surface area contributed by atoms with Crippen molar-refractivity contribution in [3.8, 4) is 0 Å². The Bertz CT molecular complexity index is 652. The van der Waals surface area contributed by atoms with E-state index in [1.165, 1.54) is 11.9 Å². The lowest BCUT2D eigenvalue weighted by molar-refractivity contribution is -0.137. The van der Waals surface area contributed by atoms with Gasteiger partial charge in [0.15, 0.2) is 0 Å². The second-order valence-electron chi connectivity index (χ2n) is 4.39. The van der Waals surface area contributed by atoms with E-state index >= 15 is 0 Å². The van der Waals surface area contributed by atoms with Crippen LogP contribution in [0.1, 0.15) is 15.9 Å². The fraction of sp³-hybridized carbons (Fsp3) is 0.133. The predicted octanol–water partition coefficient (Wildman–Crippen LogP) is 4.12. The zero-order valence-electron chi connectivity index (χ0n) is 11.0. The molecule has 0 atom stereocenters. The molecule has 110 valence electrons. The molecule has 2 aromatic rings. The van der Waals surface area contributed by atoms with Gasteiger partial charge in [-0.1, -0.05) is 18.2 Å². The number of hydrogen-bond donors (Lipinski definition) is 0. The largest absolute Gasteiger partial charge is 0.416 e. The van der Waals surface area contributed by atoms with Crippen LogP contribution < -0.4 is 4.90 Å². The van der Waals surface area contributed by atoms with Crippen LogP contribution in [0.2, 0.25) is 0 Å². The highest BCUT2D eigenvalue weighted by Gasteiger charge is 2.32. The summed E-state index contributed by atoms with van der Waals surface area (Å²) in [6.45, 7) is 0. The van der Waals surface area contributed by atoms with E-state index in [0.29, 0.717) is 17.8 Å². The first-order chi connectivity index (χ1) is 9.80. The fourth-order valence-electron chi connectivity index (χ4n) is 1.81. The lowest BCUT2D eigenvalue weighted by Crippen LogP contribution is -2.27. The van der Waals surface area contributed by atoms with Crippen LogP contribution in [0.15, 0.2) is 48.5 Å². The van der Waals surface area contributed by atoms with Gasteiger partial charge < -0.3 is 4.90 Å². The highest BCUT2D eigenvalue weighted by atomic mass is 19.4. The molecule has 1 amide bonds. The van der Waals surface area contributed by atoms with Gasteiger partial charge >= 0.3 is 6.18 Å². The Morgan fingerprint density at radius 3 is 2.19 bits per heavy atom. The average Bonchev–Trinajstić information content (AvgIpc) is 2.45. The first kappa shape index (κ1) is 15.0. The van der Waals surface area contributed by atoms with E-state index in [4.69, 9.17) is 0 Å². The van der Waals surface area contributed by atoms with Crippen molar-refractivity contribution in [2.24, 2.45) is 0 Å². The van der Waals surface area contributed by atoms with E-state index in [1.807, 2.05) is 0 Å². The van der Waals surface area contributed by atoms with E-state index in [-0.39, 0.29) is 0 Å². The van der Waals surface area contributed by atoms with E-state index in [0.717, 1.165) is 6.07 Å². The standard InChI is InChI=1S/C15H11F4NO/c1-20(11-5-3-2-4-6-11)14(21)12-8-7-10(9-13(12)16)15(17,18)19/h2-9H,1H3. The van der Waals surface area contributed by atoms with Crippen LogP contribution in [-0.4, -0.2) is 13.0 Å². The second kappa shape index (κ2) is 5.55. The zero-order valence-corrected chi connectivity index (χ0v) is 11.0. The molecule has 0 saturated heterocycles. The van der Waals surface area contributed by atoms with Crippen LogP contribution in [0.4, 0.5) is 23.2 Å². The van der Waals surface area contributed by atoms with Crippen molar-refractivity contribution in [1.82, 2.24) is 0 Å². The highest BCUT2D eigenvalue weighted by molar-refractivity contribution is 6.05. The maximum atomic E-state index is 13.8. The molecule has 0 aliphatic carbocycles. The summed E-state index contributed by atoms with van der Waals surface area (Å²) in [6.07, 6.45) is -4.65. The number of benzene rings is 2. The van der Waals surface area contributed by atoms with Gasteiger partial charge in [-0.05, 0) is 30.3 Å². The Kier molecular flexibility index (Phi) is 3.97. The Labute approximate surface area is 118 Å². The minimum absolute atomic E-state index is 0.325. The summed E-state index contributed by atoms with van der Waals surface area (Å²) in [7, 11) is 1.43. The van der Waals surface area contributed by atoms with Crippen LogP contribution in [0.25, 0.3) is 0 Å². The molecule has 0 fully saturated rings. The van der Waals surface area contributed by atoms with Gasteiger partial charge in [0.05, 0.1) is 11.1 Å². The number of halogens is 4. The van der Waals surface area contributed by atoms with Crippen LogP contribution in [-0.2, 0) is 6.18 Å². The van der Waals surface area contributed by atoms with E-state index in [2.05, 4.69) is 0 Å². The van der Waals surface area contributed by atoms with Crippen molar-refractivity contribution in [1.29, 1.82) is 0 Å². The number of carbonyl (C=O) groups excluding carboxylic acids is 1. The zero-order chi connectivity index (χ0) is 15.6. The number of hydrogen-bond acceptors (Lipinski definition) is 1. The lowest BCUT2D eigenvalue weighted by atomic mass is 10.1. The molecule has 2 nitrogen and oxygen atoms in total. The molecule has 0 aliphatic heterocycles. The predicted molar refractivity (Wildman–Crippen MR) is 70.6 cm³/mol. The monoisotopic (exact) mass is 297 g/mol. The summed E-state index contributed by atoms with van der Waals surface area (Å²) in [5.74, 6) is -1.91. The molecular formula is C15H11F4NO. The van der Waals surface area contributed by atoms with Gasteiger partial charge in [-0.15, -0.1) is 0 Å². The van der Waals surface area contributed by atoms with Gasteiger partial charge in [-0.25, -0.2) is 4.39 Å². The topological polar surface area (TPSA) is 20.3 Å². The molecule has 6 heteroatoms. The minimum Gasteiger partial charge on any atom is -0.311 e. The van der Waals surface area contributed by atoms with Gasteiger partial charge in [0.1, 0.15) is 5.82 Å². The van der Waals surface area contributed by atoms with Crippen molar-refractivity contribution in [3.05, 3.63) is 65.5 Å². The summed E-state index contributed by atoms with van der Waals surface area (Å²) in [6, 6.07) is 10.3. The molecule has 0 unspecified atom stereocenters. The third-order valence-corrected chi connectivity index (χ3v) is 2.97. The minimum atomic E-state index is -4.65. The normalized spacial score (nSPS) is 11.3. The molecule has 0 spiro atoms. The van der Waals surface area contributed by atoms with Gasteiger partial charge in [0, 0.05) is 12.7 Å². The number of alkyl halides is 3. The summed E-state index contributed by atoms with van der Waals surface area (Å²) < 4.78 is 51.1. The van der Waals surface area contributed by atoms with Gasteiger partial charge in [0.25, 0.3) is 5.91 Å². The highest BCUT2D eigenvalue weighted by Crippen LogP contribution is 2.30. The first-order valence-electron chi connectivity index (χ1n) is 6.00. The van der Waals surface area contributed by atoms with Crippen molar-refractivity contribution >= 4 is 11.6 Å². The number of carbonyl (C=O) groups is 1. The second-order valence-corrected chi connectivity index (χ2v) is 4.39. The molecule has 21 heavy (non-hydrogen) atoms. The molecule has 2 aromatic carbocycles. The van der Waals surface area contributed by atoms with Gasteiger partial charge in [-0.3, -0.25) is 4.79 Å². The maximum Gasteiger partial charge on any atom is 0.416 e. The third kappa shape index (κ3) is 3.21. The molecule has 0 N–H and O–H groups in total. The summed E-state index contributed by atoms with van der Waals surface area (Å²) in [4.78, 5) is 13.3. The Morgan fingerprint density at radius 1 is 1.05 bits per heavy atom. The molecule has 0 aliphatic rings. The van der Waals surface area contributed by atoms with Gasteiger partial charge in [-0.2, -0.15) is 13.2 Å². The quantitative estimate of drug-likeness (QED) is 0.764. The van der Waals surface area contributed by atoms with E-state index < -0.39 is 29.0 Å². The smallest absolute Gasteiger partial charge is 0.311 e. The Morgan fingerprint density at radius 2 is 1.67 bits per heavy atom. The summed E-state index contributed by atoms with van der Waals surface area (Å²) >= 11 is 0. The van der Waals surface area contributed by atoms with Crippen molar-refractivity contribution in [2.45, 2.75) is 6.18 Å².